The maximum Gasteiger partial charge on any atom is 0.246 e. The first-order chi connectivity index (χ1) is 12.2. The first-order valence-corrected chi connectivity index (χ1v) is 8.93. The number of hydrogen-bond donors (Lipinski definition) is 0. The summed E-state index contributed by atoms with van der Waals surface area (Å²) in [5.41, 5.74) is 4.25. The van der Waals surface area contributed by atoms with Crippen LogP contribution < -0.4 is 0 Å². The standard InChI is InChI=1S/C21H20ClNO2/c1-2-20(24)23-10-11-25-14-21(23)9-8-17-18(12-16(22)13-19(17)21)15-6-4-3-5-7-15/h2-7,12-13H,1,8-11,14H2. The number of ether oxygens (including phenoxy) is 1. The topological polar surface area (TPSA) is 29.5 Å². The number of hydrogen-bond acceptors (Lipinski definition) is 2. The maximum atomic E-state index is 12.5. The normalized spacial score (nSPS) is 22.0. The molecule has 1 aliphatic heterocycles. The Morgan fingerprint density at radius 2 is 2.08 bits per heavy atom. The molecule has 0 aromatic heterocycles. The van der Waals surface area contributed by atoms with E-state index in [9.17, 15) is 4.79 Å². The lowest BCUT2D eigenvalue weighted by Crippen LogP contribution is -2.55. The van der Waals surface area contributed by atoms with Crippen molar-refractivity contribution >= 4 is 17.5 Å². The Morgan fingerprint density at radius 1 is 1.28 bits per heavy atom. The summed E-state index contributed by atoms with van der Waals surface area (Å²) in [6.45, 7) is 5.32. The molecule has 25 heavy (non-hydrogen) atoms. The fourth-order valence-electron chi connectivity index (χ4n) is 4.21. The van der Waals surface area contributed by atoms with Crippen LogP contribution in [0.1, 0.15) is 17.5 Å². The van der Waals surface area contributed by atoms with Crippen LogP contribution in [0.25, 0.3) is 11.1 Å². The third-order valence-electron chi connectivity index (χ3n) is 5.35. The van der Waals surface area contributed by atoms with Gasteiger partial charge in [-0.2, -0.15) is 0 Å². The fourth-order valence-corrected chi connectivity index (χ4v) is 4.43. The van der Waals surface area contributed by atoms with Crippen molar-refractivity contribution in [1.82, 2.24) is 4.90 Å². The van der Waals surface area contributed by atoms with E-state index in [0.717, 1.165) is 29.5 Å². The molecule has 1 fully saturated rings. The molecule has 0 radical (unpaired) electrons. The van der Waals surface area contributed by atoms with Gasteiger partial charge < -0.3 is 9.64 Å². The fraction of sp³-hybridized carbons (Fsp3) is 0.286. The number of benzene rings is 2. The van der Waals surface area contributed by atoms with Gasteiger partial charge >= 0.3 is 0 Å². The van der Waals surface area contributed by atoms with Crippen molar-refractivity contribution in [3.05, 3.63) is 71.3 Å². The maximum absolute atomic E-state index is 12.5. The minimum Gasteiger partial charge on any atom is -0.377 e. The molecule has 3 nitrogen and oxygen atoms in total. The summed E-state index contributed by atoms with van der Waals surface area (Å²) in [4.78, 5) is 14.4. The van der Waals surface area contributed by atoms with Gasteiger partial charge in [-0.1, -0.05) is 48.5 Å². The summed E-state index contributed by atoms with van der Waals surface area (Å²) < 4.78 is 5.80. The van der Waals surface area contributed by atoms with Crippen LogP contribution in [-0.2, 0) is 21.5 Å². The third-order valence-corrected chi connectivity index (χ3v) is 5.57. The Morgan fingerprint density at radius 3 is 2.84 bits per heavy atom. The number of fused-ring (bicyclic) bond motifs is 2. The third kappa shape index (κ3) is 2.59. The zero-order chi connectivity index (χ0) is 17.4. The molecule has 0 saturated carbocycles. The zero-order valence-corrected chi connectivity index (χ0v) is 14.8. The second kappa shape index (κ2) is 6.32. The number of rotatable bonds is 2. The molecule has 1 amide bonds. The van der Waals surface area contributed by atoms with E-state index in [1.165, 1.54) is 11.6 Å². The van der Waals surface area contributed by atoms with E-state index < -0.39 is 5.54 Å². The molecule has 2 aromatic carbocycles. The average molecular weight is 354 g/mol. The Labute approximate surface area is 152 Å². The van der Waals surface area contributed by atoms with Gasteiger partial charge in [-0.05, 0) is 53.3 Å². The summed E-state index contributed by atoms with van der Waals surface area (Å²) in [7, 11) is 0. The van der Waals surface area contributed by atoms with E-state index >= 15 is 0 Å². The van der Waals surface area contributed by atoms with Crippen LogP contribution in [0.2, 0.25) is 5.02 Å². The summed E-state index contributed by atoms with van der Waals surface area (Å²) >= 11 is 6.48. The molecular weight excluding hydrogens is 334 g/mol. The van der Waals surface area contributed by atoms with Gasteiger partial charge in [-0.15, -0.1) is 0 Å². The smallest absolute Gasteiger partial charge is 0.246 e. The number of morpholine rings is 1. The van der Waals surface area contributed by atoms with Gasteiger partial charge in [0.1, 0.15) is 0 Å². The molecule has 0 bridgehead atoms. The SMILES string of the molecule is C=CC(=O)N1CCOCC12CCc1c(-c3ccccc3)cc(Cl)cc12. The zero-order valence-electron chi connectivity index (χ0n) is 14.0. The largest absolute Gasteiger partial charge is 0.377 e. The summed E-state index contributed by atoms with van der Waals surface area (Å²) in [6.07, 6.45) is 3.15. The van der Waals surface area contributed by atoms with Crippen LogP contribution in [0.4, 0.5) is 0 Å². The van der Waals surface area contributed by atoms with Crippen molar-refractivity contribution in [2.45, 2.75) is 18.4 Å². The minimum atomic E-state index is -0.437. The number of amides is 1. The lowest BCUT2D eigenvalue weighted by Gasteiger charge is -2.45. The molecule has 1 heterocycles. The van der Waals surface area contributed by atoms with Crippen LogP contribution in [0.15, 0.2) is 55.1 Å². The Kier molecular flexibility index (Phi) is 4.14. The van der Waals surface area contributed by atoms with E-state index in [1.807, 2.05) is 35.2 Å². The number of halogens is 1. The lowest BCUT2D eigenvalue weighted by atomic mass is 9.87. The predicted molar refractivity (Wildman–Crippen MR) is 99.6 cm³/mol. The van der Waals surface area contributed by atoms with Gasteiger partial charge in [0.25, 0.3) is 0 Å². The highest BCUT2D eigenvalue weighted by atomic mass is 35.5. The van der Waals surface area contributed by atoms with Gasteiger partial charge in [0.05, 0.1) is 18.8 Å². The predicted octanol–water partition coefficient (Wildman–Crippen LogP) is 4.19. The number of carbonyl (C=O) groups excluding carboxylic acids is 1. The van der Waals surface area contributed by atoms with Gasteiger partial charge in [0.2, 0.25) is 5.91 Å². The first-order valence-electron chi connectivity index (χ1n) is 8.56. The average Bonchev–Trinajstić information content (AvgIpc) is 3.00. The summed E-state index contributed by atoms with van der Waals surface area (Å²) in [6, 6.07) is 14.3. The quantitative estimate of drug-likeness (QED) is 0.757. The Hall–Kier alpha value is -2.10. The van der Waals surface area contributed by atoms with Crippen LogP contribution in [0, 0.1) is 0 Å². The van der Waals surface area contributed by atoms with E-state index in [0.29, 0.717) is 24.8 Å². The molecule has 1 atom stereocenters. The number of carbonyl (C=O) groups is 1. The Bertz CT molecular complexity index is 833. The molecule has 1 saturated heterocycles. The molecule has 1 aliphatic carbocycles. The monoisotopic (exact) mass is 353 g/mol. The summed E-state index contributed by atoms with van der Waals surface area (Å²) in [5.74, 6) is -0.0441. The van der Waals surface area contributed by atoms with Crippen molar-refractivity contribution in [1.29, 1.82) is 0 Å². The molecule has 4 heteroatoms. The first kappa shape index (κ1) is 16.4. The molecule has 0 N–H and O–H groups in total. The minimum absolute atomic E-state index is 0.0441. The highest BCUT2D eigenvalue weighted by Crippen LogP contribution is 2.47. The van der Waals surface area contributed by atoms with E-state index in [1.54, 1.807) is 0 Å². The lowest BCUT2D eigenvalue weighted by molar-refractivity contribution is -0.145. The molecule has 2 aliphatic rings. The van der Waals surface area contributed by atoms with E-state index in [-0.39, 0.29) is 5.91 Å². The van der Waals surface area contributed by atoms with Crippen molar-refractivity contribution in [3.8, 4) is 11.1 Å². The van der Waals surface area contributed by atoms with Gasteiger partial charge in [-0.3, -0.25) is 4.79 Å². The van der Waals surface area contributed by atoms with Crippen LogP contribution >= 0.6 is 11.6 Å². The van der Waals surface area contributed by atoms with Crippen molar-refractivity contribution < 1.29 is 9.53 Å². The second-order valence-corrected chi connectivity index (χ2v) is 7.06. The van der Waals surface area contributed by atoms with Gasteiger partial charge in [0, 0.05) is 11.6 Å². The highest BCUT2D eigenvalue weighted by Gasteiger charge is 2.48. The molecular formula is C21H20ClNO2. The molecule has 1 spiro atoms. The Balaban J connectivity index is 1.89. The molecule has 2 aromatic rings. The van der Waals surface area contributed by atoms with Crippen LogP contribution in [0.5, 0.6) is 0 Å². The molecule has 128 valence electrons. The van der Waals surface area contributed by atoms with Crippen molar-refractivity contribution in [2.75, 3.05) is 19.8 Å². The van der Waals surface area contributed by atoms with E-state index in [2.05, 4.69) is 18.7 Å². The second-order valence-electron chi connectivity index (χ2n) is 6.62. The van der Waals surface area contributed by atoms with Gasteiger partial charge in [0.15, 0.2) is 0 Å². The van der Waals surface area contributed by atoms with Gasteiger partial charge in [-0.25, -0.2) is 0 Å². The molecule has 1 unspecified atom stereocenters. The van der Waals surface area contributed by atoms with Crippen LogP contribution in [-0.4, -0.2) is 30.6 Å². The van der Waals surface area contributed by atoms with Crippen LogP contribution in [0.3, 0.4) is 0 Å². The summed E-state index contributed by atoms with van der Waals surface area (Å²) in [5, 5.41) is 0.690. The van der Waals surface area contributed by atoms with Crippen molar-refractivity contribution in [3.63, 3.8) is 0 Å². The van der Waals surface area contributed by atoms with E-state index in [4.69, 9.17) is 16.3 Å². The number of nitrogens with zero attached hydrogens (tertiary/aromatic N) is 1. The van der Waals surface area contributed by atoms with Crippen molar-refractivity contribution in [2.24, 2.45) is 0 Å². The molecule has 4 rings (SSSR count). The highest BCUT2D eigenvalue weighted by molar-refractivity contribution is 6.31.